The molecule has 0 radical (unpaired) electrons. The molecule has 3 aliphatic rings. The Kier molecular flexibility index (Phi) is 4.98. The fraction of sp³-hybridized carbons (Fsp3) is 0.520. The van der Waals surface area contributed by atoms with Crippen LogP contribution in [-0.2, 0) is 5.54 Å². The van der Waals surface area contributed by atoms with Gasteiger partial charge in [-0.05, 0) is 44.9 Å². The molecule has 3 aromatic heterocycles. The Hall–Kier alpha value is -3.20. The second-order valence-electron chi connectivity index (χ2n) is 10.6. The predicted octanol–water partition coefficient (Wildman–Crippen LogP) is 3.16. The van der Waals surface area contributed by atoms with Crippen molar-refractivity contribution in [1.29, 1.82) is 0 Å². The Morgan fingerprint density at radius 2 is 1.94 bits per heavy atom. The summed E-state index contributed by atoms with van der Waals surface area (Å²) in [6.45, 7) is 7.97. The summed E-state index contributed by atoms with van der Waals surface area (Å²) in [5.74, 6) is 1.17. The van der Waals surface area contributed by atoms with Gasteiger partial charge in [0.2, 0.25) is 5.95 Å². The number of carbonyl (C=O) groups is 1. The van der Waals surface area contributed by atoms with Crippen molar-refractivity contribution in [2.45, 2.75) is 57.0 Å². The second kappa shape index (κ2) is 7.94. The van der Waals surface area contributed by atoms with Crippen LogP contribution in [0.5, 0.6) is 0 Å². The van der Waals surface area contributed by atoms with Crippen LogP contribution in [0.15, 0.2) is 30.6 Å². The molecule has 3 aromatic rings. The molecule has 1 amide bonds. The molecule has 0 bridgehead atoms. The minimum absolute atomic E-state index is 0.0305. The molecule has 0 unspecified atom stereocenters. The smallest absolute Gasteiger partial charge is 0.268 e. The van der Waals surface area contributed by atoms with Gasteiger partial charge in [0.15, 0.2) is 0 Å². The van der Waals surface area contributed by atoms with E-state index in [1.807, 2.05) is 18.3 Å². The maximum Gasteiger partial charge on any atom is 0.268 e. The molecular weight excluding hydrogens is 428 g/mol. The third-order valence-corrected chi connectivity index (χ3v) is 7.53. The number of carbonyl (C=O) groups excluding carboxylic acids is 1. The summed E-state index contributed by atoms with van der Waals surface area (Å²) in [7, 11) is 0. The lowest BCUT2D eigenvalue weighted by molar-refractivity contribution is 0.0833. The number of hydrogen-bond acceptors (Lipinski definition) is 7. The summed E-state index contributed by atoms with van der Waals surface area (Å²) < 4.78 is 2.19. The predicted molar refractivity (Wildman–Crippen MR) is 133 cm³/mol. The molecule has 1 saturated carbocycles. The average molecular weight is 461 g/mol. The van der Waals surface area contributed by atoms with Gasteiger partial charge in [0.25, 0.3) is 5.91 Å². The number of nitrogens with one attached hydrogen (secondary N) is 3. The van der Waals surface area contributed by atoms with E-state index in [1.165, 1.54) is 19.3 Å². The minimum Gasteiger partial charge on any atom is -0.367 e. The van der Waals surface area contributed by atoms with Crippen molar-refractivity contribution >= 4 is 34.4 Å². The number of anilines is 3. The molecule has 178 valence electrons. The summed E-state index contributed by atoms with van der Waals surface area (Å²) in [6.07, 6.45) is 9.42. The van der Waals surface area contributed by atoms with E-state index in [4.69, 9.17) is 4.98 Å². The van der Waals surface area contributed by atoms with Gasteiger partial charge in [-0.1, -0.05) is 19.3 Å². The van der Waals surface area contributed by atoms with Gasteiger partial charge in [0.1, 0.15) is 17.2 Å². The minimum atomic E-state index is -0.0914. The van der Waals surface area contributed by atoms with Gasteiger partial charge in [-0.15, -0.1) is 0 Å². The van der Waals surface area contributed by atoms with E-state index < -0.39 is 0 Å². The largest absolute Gasteiger partial charge is 0.367 e. The Bertz CT molecular complexity index is 1230. The number of piperazine rings is 1. The van der Waals surface area contributed by atoms with Crippen molar-refractivity contribution in [1.82, 2.24) is 30.2 Å². The monoisotopic (exact) mass is 460 g/mol. The SMILES string of the molecule is CC1(C)CN(c2ccc(Nc3ncc4cc5n(c4n3)C3(CCCCC3)CNC5=O)nc2)CCN1. The number of nitrogens with zero attached hydrogens (tertiary/aromatic N) is 5. The van der Waals surface area contributed by atoms with E-state index in [0.717, 1.165) is 49.2 Å². The molecule has 0 atom stereocenters. The lowest BCUT2D eigenvalue weighted by Crippen LogP contribution is -2.57. The highest BCUT2D eigenvalue weighted by Gasteiger charge is 2.41. The van der Waals surface area contributed by atoms with Crippen molar-refractivity contribution < 1.29 is 4.79 Å². The van der Waals surface area contributed by atoms with E-state index in [9.17, 15) is 4.79 Å². The van der Waals surface area contributed by atoms with Crippen molar-refractivity contribution in [2.75, 3.05) is 36.4 Å². The maximum absolute atomic E-state index is 12.6. The first-order valence-electron chi connectivity index (χ1n) is 12.3. The summed E-state index contributed by atoms with van der Waals surface area (Å²) in [5, 5.41) is 10.8. The van der Waals surface area contributed by atoms with Crippen molar-refractivity contribution in [3.05, 3.63) is 36.3 Å². The third-order valence-electron chi connectivity index (χ3n) is 7.53. The molecule has 1 aliphatic carbocycles. The van der Waals surface area contributed by atoms with Crippen LogP contribution >= 0.6 is 0 Å². The number of rotatable bonds is 3. The van der Waals surface area contributed by atoms with Gasteiger partial charge in [0.05, 0.1) is 17.4 Å². The third kappa shape index (κ3) is 3.68. The molecule has 3 N–H and O–H groups in total. The molecule has 1 spiro atoms. The molecule has 2 aliphatic heterocycles. The molecule has 34 heavy (non-hydrogen) atoms. The standard InChI is InChI=1S/C25H32N8O/c1-24(2)16-32(11-10-29-24)18-6-7-20(26-14-18)30-23-27-13-17-12-19-22(34)28-15-25(8-4-3-5-9-25)33(19)21(17)31-23/h6-7,12-14,29H,3-5,8-11,15-16H2,1-2H3,(H,28,34)(H,26,27,30,31). The Morgan fingerprint density at radius 1 is 1.09 bits per heavy atom. The molecule has 6 rings (SSSR count). The van der Waals surface area contributed by atoms with Gasteiger partial charge in [0, 0.05) is 43.3 Å². The molecule has 5 heterocycles. The molecule has 9 nitrogen and oxygen atoms in total. The second-order valence-corrected chi connectivity index (χ2v) is 10.6. The molecule has 0 aromatic carbocycles. The number of aromatic nitrogens is 4. The Labute approximate surface area is 199 Å². The summed E-state index contributed by atoms with van der Waals surface area (Å²) in [4.78, 5) is 29.0. The topological polar surface area (TPSA) is 100 Å². The van der Waals surface area contributed by atoms with Gasteiger partial charge >= 0.3 is 0 Å². The van der Waals surface area contributed by atoms with Crippen LogP contribution in [0.3, 0.4) is 0 Å². The first-order chi connectivity index (χ1) is 16.4. The van der Waals surface area contributed by atoms with Gasteiger partial charge in [-0.3, -0.25) is 4.79 Å². The van der Waals surface area contributed by atoms with Gasteiger partial charge in [-0.2, -0.15) is 4.98 Å². The van der Waals surface area contributed by atoms with E-state index in [2.05, 4.69) is 55.3 Å². The summed E-state index contributed by atoms with van der Waals surface area (Å²) >= 11 is 0. The van der Waals surface area contributed by atoms with E-state index >= 15 is 0 Å². The lowest BCUT2D eigenvalue weighted by atomic mass is 9.80. The van der Waals surface area contributed by atoms with E-state index in [-0.39, 0.29) is 17.0 Å². The van der Waals surface area contributed by atoms with Crippen molar-refractivity contribution in [2.24, 2.45) is 0 Å². The number of pyridine rings is 1. The zero-order chi connectivity index (χ0) is 23.3. The van der Waals surface area contributed by atoms with E-state index in [0.29, 0.717) is 24.0 Å². The molecule has 9 heteroatoms. The normalized spacial score (nSPS) is 21.4. The van der Waals surface area contributed by atoms with Crippen molar-refractivity contribution in [3.63, 3.8) is 0 Å². The molecular formula is C25H32N8O. The maximum atomic E-state index is 12.6. The van der Waals surface area contributed by atoms with Crippen LogP contribution in [0.1, 0.15) is 56.4 Å². The quantitative estimate of drug-likeness (QED) is 0.552. The highest BCUT2D eigenvalue weighted by atomic mass is 16.2. The first kappa shape index (κ1) is 21.3. The summed E-state index contributed by atoms with van der Waals surface area (Å²) in [5.41, 5.74) is 2.62. The molecule has 2 fully saturated rings. The number of fused-ring (bicyclic) bond motifs is 4. The average Bonchev–Trinajstić information content (AvgIpc) is 3.23. The van der Waals surface area contributed by atoms with Crippen LogP contribution in [0, 0.1) is 0 Å². The lowest BCUT2D eigenvalue weighted by Gasteiger charge is -2.42. The van der Waals surface area contributed by atoms with Crippen LogP contribution in [0.25, 0.3) is 11.0 Å². The van der Waals surface area contributed by atoms with Gasteiger partial charge < -0.3 is 25.4 Å². The number of amides is 1. The zero-order valence-electron chi connectivity index (χ0n) is 19.9. The van der Waals surface area contributed by atoms with E-state index in [1.54, 1.807) is 6.20 Å². The Balaban J connectivity index is 1.28. The Morgan fingerprint density at radius 3 is 2.71 bits per heavy atom. The highest BCUT2D eigenvalue weighted by molar-refractivity contribution is 5.99. The summed E-state index contributed by atoms with van der Waals surface area (Å²) in [6, 6.07) is 5.99. The van der Waals surface area contributed by atoms with Crippen LogP contribution in [0.2, 0.25) is 0 Å². The fourth-order valence-electron chi connectivity index (χ4n) is 5.84. The zero-order valence-corrected chi connectivity index (χ0v) is 19.9. The van der Waals surface area contributed by atoms with Crippen LogP contribution in [0.4, 0.5) is 17.5 Å². The van der Waals surface area contributed by atoms with Gasteiger partial charge in [-0.25, -0.2) is 9.97 Å². The highest BCUT2D eigenvalue weighted by Crippen LogP contribution is 2.40. The van der Waals surface area contributed by atoms with Crippen molar-refractivity contribution in [3.8, 4) is 0 Å². The van der Waals surface area contributed by atoms with Crippen LogP contribution in [-0.4, -0.2) is 57.1 Å². The molecule has 1 saturated heterocycles. The van der Waals surface area contributed by atoms with Crippen LogP contribution < -0.4 is 20.9 Å². The first-order valence-corrected chi connectivity index (χ1v) is 12.3. The fourth-order valence-corrected chi connectivity index (χ4v) is 5.84. The number of hydrogen-bond donors (Lipinski definition) is 3.